The molecule has 0 saturated heterocycles. The largest absolute Gasteiger partial charge is 0.386 e. The third-order valence-corrected chi connectivity index (χ3v) is 3.20. The fraction of sp³-hybridized carbons (Fsp3) is 0.727. The molecular formula is C11H17F2N3. The summed E-state index contributed by atoms with van der Waals surface area (Å²) in [5.74, 6) is -2.10. The van der Waals surface area contributed by atoms with Crippen molar-refractivity contribution in [2.45, 2.75) is 38.2 Å². The van der Waals surface area contributed by atoms with Gasteiger partial charge in [-0.1, -0.05) is 0 Å². The smallest absolute Gasteiger partial charge is 0.248 e. The van der Waals surface area contributed by atoms with Gasteiger partial charge in [-0.05, 0) is 18.8 Å². The molecule has 0 aliphatic heterocycles. The number of hydrogen-bond acceptors (Lipinski definition) is 2. The minimum Gasteiger partial charge on any atom is -0.386 e. The van der Waals surface area contributed by atoms with Crippen molar-refractivity contribution < 1.29 is 8.78 Å². The monoisotopic (exact) mass is 229 g/mol. The van der Waals surface area contributed by atoms with Crippen molar-refractivity contribution in [2.75, 3.05) is 12.4 Å². The third kappa shape index (κ3) is 2.71. The molecule has 1 heterocycles. The van der Waals surface area contributed by atoms with Crippen molar-refractivity contribution in [2.24, 2.45) is 5.92 Å². The first-order valence-electron chi connectivity index (χ1n) is 5.67. The van der Waals surface area contributed by atoms with Gasteiger partial charge < -0.3 is 5.32 Å². The molecule has 1 fully saturated rings. The van der Waals surface area contributed by atoms with Crippen molar-refractivity contribution in [3.05, 3.63) is 12.4 Å². The molecule has 0 spiro atoms. The predicted molar refractivity (Wildman–Crippen MR) is 58.7 cm³/mol. The van der Waals surface area contributed by atoms with E-state index in [9.17, 15) is 8.78 Å². The van der Waals surface area contributed by atoms with Crippen molar-refractivity contribution in [3.8, 4) is 0 Å². The van der Waals surface area contributed by atoms with Gasteiger partial charge in [0.1, 0.15) is 0 Å². The Morgan fingerprint density at radius 3 is 2.75 bits per heavy atom. The van der Waals surface area contributed by atoms with Crippen molar-refractivity contribution in [3.63, 3.8) is 0 Å². The molecule has 0 unspecified atom stereocenters. The lowest BCUT2D eigenvalue weighted by Crippen LogP contribution is -2.26. The molecule has 1 N–H and O–H groups in total. The van der Waals surface area contributed by atoms with E-state index in [0.29, 0.717) is 18.8 Å². The molecule has 3 nitrogen and oxygen atoms in total. The quantitative estimate of drug-likeness (QED) is 0.863. The Bertz CT molecular complexity index is 339. The van der Waals surface area contributed by atoms with Gasteiger partial charge in [0.2, 0.25) is 5.92 Å². The molecule has 0 amide bonds. The highest BCUT2D eigenvalue weighted by Crippen LogP contribution is 2.36. The normalized spacial score (nSPS) is 20.9. The van der Waals surface area contributed by atoms with Gasteiger partial charge in [-0.25, -0.2) is 8.78 Å². The summed E-state index contributed by atoms with van der Waals surface area (Å²) in [4.78, 5) is 0. The lowest BCUT2D eigenvalue weighted by Gasteiger charge is -2.27. The van der Waals surface area contributed by atoms with Crippen LogP contribution in [0.4, 0.5) is 14.5 Å². The van der Waals surface area contributed by atoms with E-state index in [1.807, 2.05) is 17.9 Å². The van der Waals surface area contributed by atoms with Crippen molar-refractivity contribution in [1.82, 2.24) is 9.78 Å². The minimum atomic E-state index is -2.43. The molecule has 0 radical (unpaired) electrons. The second-order valence-electron chi connectivity index (χ2n) is 4.50. The number of hydrogen-bond donors (Lipinski definition) is 1. The zero-order valence-corrected chi connectivity index (χ0v) is 9.42. The lowest BCUT2D eigenvalue weighted by molar-refractivity contribution is -0.0476. The minimum absolute atomic E-state index is 0.0256. The third-order valence-electron chi connectivity index (χ3n) is 3.20. The van der Waals surface area contributed by atoms with Gasteiger partial charge in [0.25, 0.3) is 0 Å². The van der Waals surface area contributed by atoms with Gasteiger partial charge in [-0.2, -0.15) is 5.10 Å². The molecule has 16 heavy (non-hydrogen) atoms. The van der Waals surface area contributed by atoms with Gasteiger partial charge in [-0.3, -0.25) is 4.68 Å². The zero-order valence-electron chi connectivity index (χ0n) is 9.42. The van der Waals surface area contributed by atoms with E-state index in [2.05, 4.69) is 10.4 Å². The maximum Gasteiger partial charge on any atom is 0.248 e. The summed E-state index contributed by atoms with van der Waals surface area (Å²) < 4.78 is 27.7. The summed E-state index contributed by atoms with van der Waals surface area (Å²) >= 11 is 0. The molecule has 2 rings (SSSR count). The highest BCUT2D eigenvalue weighted by Gasteiger charge is 2.34. The van der Waals surface area contributed by atoms with Crippen LogP contribution in [0.25, 0.3) is 0 Å². The first-order valence-corrected chi connectivity index (χ1v) is 5.67. The second kappa shape index (κ2) is 4.39. The molecule has 90 valence electrons. The summed E-state index contributed by atoms with van der Waals surface area (Å²) in [6, 6.07) is 0. The Morgan fingerprint density at radius 2 is 2.19 bits per heavy atom. The maximum absolute atomic E-state index is 12.9. The fourth-order valence-electron chi connectivity index (χ4n) is 2.14. The topological polar surface area (TPSA) is 29.9 Å². The van der Waals surface area contributed by atoms with Crippen LogP contribution in [0.3, 0.4) is 0 Å². The van der Waals surface area contributed by atoms with Crippen LogP contribution in [-0.2, 0) is 6.54 Å². The number of halogens is 2. The van der Waals surface area contributed by atoms with Crippen molar-refractivity contribution >= 4 is 5.69 Å². The van der Waals surface area contributed by atoms with Crippen LogP contribution in [0.2, 0.25) is 0 Å². The average Bonchev–Trinajstić information content (AvgIpc) is 2.69. The number of alkyl halides is 2. The zero-order chi connectivity index (χ0) is 11.6. The van der Waals surface area contributed by atoms with Crippen LogP contribution in [0.1, 0.15) is 25.7 Å². The summed E-state index contributed by atoms with van der Waals surface area (Å²) in [7, 11) is 1.84. The second-order valence-corrected chi connectivity index (χ2v) is 4.50. The summed E-state index contributed by atoms with van der Waals surface area (Å²) in [5.41, 5.74) is 0.959. The number of nitrogens with zero attached hydrogens (tertiary/aromatic N) is 2. The van der Waals surface area contributed by atoms with Gasteiger partial charge in [0, 0.05) is 32.6 Å². The first kappa shape index (κ1) is 11.4. The molecule has 0 atom stereocenters. The van der Waals surface area contributed by atoms with E-state index in [4.69, 9.17) is 0 Å². The first-order chi connectivity index (χ1) is 7.59. The van der Waals surface area contributed by atoms with E-state index in [1.165, 1.54) is 0 Å². The fourth-order valence-corrected chi connectivity index (χ4v) is 2.14. The standard InChI is InChI=1S/C11H17F2N3/c1-14-10-6-15-16(8-10)7-9-2-4-11(12,13)5-3-9/h6,8-9,14H,2-5,7H2,1H3. The highest BCUT2D eigenvalue weighted by molar-refractivity contribution is 5.36. The van der Waals surface area contributed by atoms with E-state index in [-0.39, 0.29) is 12.8 Å². The molecule has 1 aromatic rings. The SMILES string of the molecule is CNc1cnn(CC2CCC(F)(F)CC2)c1. The average molecular weight is 229 g/mol. The molecule has 1 saturated carbocycles. The van der Waals surface area contributed by atoms with Crippen LogP contribution in [0.5, 0.6) is 0 Å². The molecule has 1 aromatic heterocycles. The van der Waals surface area contributed by atoms with E-state index >= 15 is 0 Å². The van der Waals surface area contributed by atoms with Gasteiger partial charge in [0.15, 0.2) is 0 Å². The van der Waals surface area contributed by atoms with Crippen LogP contribution in [0.15, 0.2) is 12.4 Å². The van der Waals surface area contributed by atoms with Crippen molar-refractivity contribution in [1.29, 1.82) is 0 Å². The molecule has 1 aliphatic rings. The summed E-state index contributed by atoms with van der Waals surface area (Å²) in [5, 5.41) is 7.18. The Kier molecular flexibility index (Phi) is 3.12. The predicted octanol–water partition coefficient (Wildman–Crippen LogP) is 2.75. The number of nitrogens with one attached hydrogen (secondary N) is 1. The maximum atomic E-state index is 12.9. The Hall–Kier alpha value is -1.13. The van der Waals surface area contributed by atoms with Crippen LogP contribution in [0, 0.1) is 5.92 Å². The van der Waals surface area contributed by atoms with E-state index in [1.54, 1.807) is 6.20 Å². The highest BCUT2D eigenvalue weighted by atomic mass is 19.3. The number of aromatic nitrogens is 2. The molecule has 0 bridgehead atoms. The van der Waals surface area contributed by atoms with Gasteiger partial charge in [-0.15, -0.1) is 0 Å². The van der Waals surface area contributed by atoms with Crippen LogP contribution < -0.4 is 5.32 Å². The Balaban J connectivity index is 1.87. The van der Waals surface area contributed by atoms with E-state index < -0.39 is 5.92 Å². The summed E-state index contributed by atoms with van der Waals surface area (Å²) in [6.07, 6.45) is 4.91. The lowest BCUT2D eigenvalue weighted by atomic mass is 9.87. The number of anilines is 1. The Morgan fingerprint density at radius 1 is 1.50 bits per heavy atom. The number of rotatable bonds is 3. The molecule has 1 aliphatic carbocycles. The molecule has 5 heteroatoms. The molecule has 0 aromatic carbocycles. The Labute approximate surface area is 93.8 Å². The van der Waals surface area contributed by atoms with Gasteiger partial charge in [0.05, 0.1) is 11.9 Å². The van der Waals surface area contributed by atoms with E-state index in [0.717, 1.165) is 12.2 Å². The van der Waals surface area contributed by atoms with Crippen LogP contribution >= 0.6 is 0 Å². The molecular weight excluding hydrogens is 212 g/mol. The van der Waals surface area contributed by atoms with Gasteiger partial charge >= 0.3 is 0 Å². The van der Waals surface area contributed by atoms with Crippen LogP contribution in [-0.4, -0.2) is 22.8 Å². The summed E-state index contributed by atoms with van der Waals surface area (Å²) in [6.45, 7) is 0.748.